The molecule has 1 aliphatic rings. The third kappa shape index (κ3) is 26.6. The van der Waals surface area contributed by atoms with Gasteiger partial charge >= 0.3 is 19.8 Å². The Kier molecular flexibility index (Phi) is 31.7. The molecule has 14 heteroatoms. The summed E-state index contributed by atoms with van der Waals surface area (Å²) >= 11 is 0. The number of hydrogen-bond acceptors (Lipinski definition) is 12. The van der Waals surface area contributed by atoms with Crippen molar-refractivity contribution < 1.29 is 63.1 Å². The van der Waals surface area contributed by atoms with Crippen LogP contribution in [0.5, 0.6) is 0 Å². The van der Waals surface area contributed by atoms with Crippen LogP contribution in [0.2, 0.25) is 0 Å². The predicted molar refractivity (Wildman–Crippen MR) is 226 cm³/mol. The fraction of sp³-hybridized carbons (Fsp3) is 0.727. The van der Waals surface area contributed by atoms with E-state index < -0.39 is 75.7 Å². The van der Waals surface area contributed by atoms with Gasteiger partial charge < -0.3 is 39.9 Å². The van der Waals surface area contributed by atoms with E-state index in [0.717, 1.165) is 77.0 Å². The summed E-state index contributed by atoms with van der Waals surface area (Å²) < 4.78 is 33.4. The lowest BCUT2D eigenvalue weighted by atomic mass is 9.85. The Morgan fingerprint density at radius 3 is 1.50 bits per heavy atom. The lowest BCUT2D eigenvalue weighted by Gasteiger charge is -2.41. The first kappa shape index (κ1) is 53.6. The summed E-state index contributed by atoms with van der Waals surface area (Å²) in [4.78, 5) is 35.6. The summed E-state index contributed by atoms with van der Waals surface area (Å²) in [6, 6.07) is 0. The van der Waals surface area contributed by atoms with E-state index in [9.17, 15) is 44.6 Å². The average Bonchev–Trinajstić information content (AvgIpc) is 3.20. The van der Waals surface area contributed by atoms with Crippen LogP contribution < -0.4 is 0 Å². The minimum atomic E-state index is -5.13. The number of phosphoric ester groups is 1. The molecule has 1 rings (SSSR count). The fourth-order valence-corrected chi connectivity index (χ4v) is 6.99. The highest BCUT2D eigenvalue weighted by Crippen LogP contribution is 2.47. The van der Waals surface area contributed by atoms with Crippen LogP contribution in [0.1, 0.15) is 149 Å². The standard InChI is InChI=1S/C44H75O13P/c1-3-5-7-9-11-13-15-17-19-21-23-25-27-29-31-33-38(46)56-36(35-55-58(52,53)57-44-42(50)40(48)39(47)41(49)43(44)51)34-54-37(45)32-30-28-26-24-22-20-18-16-14-12-10-8-6-4-2/h10-13,16-19,23,25,36,39-44,47-51H,3-9,14-15,20-22,24,26-35H2,1-2H3,(H,52,53)/b12-10-,13-11-,18-16-,19-17-,25-23-/t36-,39?,40-,41?,42?,43?,44?/m1/s1. The van der Waals surface area contributed by atoms with Crippen molar-refractivity contribution in [3.05, 3.63) is 60.8 Å². The molecule has 0 amide bonds. The highest BCUT2D eigenvalue weighted by molar-refractivity contribution is 7.47. The number of ether oxygens (including phenoxy) is 2. The van der Waals surface area contributed by atoms with E-state index >= 15 is 0 Å². The molecule has 0 radical (unpaired) electrons. The molecule has 6 unspecified atom stereocenters. The molecule has 0 aromatic rings. The van der Waals surface area contributed by atoms with Crippen LogP contribution in [0.25, 0.3) is 0 Å². The summed E-state index contributed by atoms with van der Waals surface area (Å²) in [5, 5.41) is 50.0. The molecule has 1 aliphatic carbocycles. The maximum atomic E-state index is 12.8. The van der Waals surface area contributed by atoms with Gasteiger partial charge in [-0.05, 0) is 77.0 Å². The van der Waals surface area contributed by atoms with Crippen molar-refractivity contribution in [3.8, 4) is 0 Å². The number of phosphoric acid groups is 1. The largest absolute Gasteiger partial charge is 0.472 e. The van der Waals surface area contributed by atoms with Crippen LogP contribution in [-0.4, -0.2) is 98.3 Å². The maximum Gasteiger partial charge on any atom is 0.472 e. The monoisotopic (exact) mass is 842 g/mol. The third-order valence-electron chi connectivity index (χ3n) is 9.58. The molecule has 334 valence electrons. The molecule has 6 N–H and O–H groups in total. The SMILES string of the molecule is CCCC/C=C\C/C=C\CCCCCCCC(=O)OC[C@H](COP(=O)(O)OC1C(O)C(O)C(O)[C@@H](O)C1O)OC(=O)CCCC/C=C\C/C=C\C/C=C\CCCCC. The van der Waals surface area contributed by atoms with E-state index in [1.807, 2.05) is 0 Å². The summed E-state index contributed by atoms with van der Waals surface area (Å²) in [6.45, 7) is 3.16. The molecule has 1 saturated carbocycles. The van der Waals surface area contributed by atoms with Gasteiger partial charge in [0.05, 0.1) is 6.61 Å². The molecular weight excluding hydrogens is 767 g/mol. The third-order valence-corrected chi connectivity index (χ3v) is 10.6. The van der Waals surface area contributed by atoms with Crippen LogP contribution in [0.4, 0.5) is 0 Å². The van der Waals surface area contributed by atoms with Crippen LogP contribution in [0, 0.1) is 0 Å². The molecule has 13 nitrogen and oxygen atoms in total. The van der Waals surface area contributed by atoms with Gasteiger partial charge in [0.1, 0.15) is 43.2 Å². The lowest BCUT2D eigenvalue weighted by Crippen LogP contribution is -2.64. The van der Waals surface area contributed by atoms with Gasteiger partial charge in [0.15, 0.2) is 6.10 Å². The number of carbonyl (C=O) groups excluding carboxylic acids is 2. The Bertz CT molecular complexity index is 1250. The topological polar surface area (TPSA) is 210 Å². The molecule has 58 heavy (non-hydrogen) atoms. The van der Waals surface area contributed by atoms with Crippen molar-refractivity contribution in [1.29, 1.82) is 0 Å². The van der Waals surface area contributed by atoms with Crippen molar-refractivity contribution >= 4 is 19.8 Å². The Hall–Kier alpha value is -2.45. The number of rotatable bonds is 34. The molecule has 1 fully saturated rings. The first-order chi connectivity index (χ1) is 27.9. The zero-order chi connectivity index (χ0) is 42.9. The van der Waals surface area contributed by atoms with Gasteiger partial charge in [-0.2, -0.15) is 0 Å². The smallest absolute Gasteiger partial charge is 0.462 e. The fourth-order valence-electron chi connectivity index (χ4n) is 6.01. The molecule has 0 spiro atoms. The van der Waals surface area contributed by atoms with E-state index in [4.69, 9.17) is 18.5 Å². The van der Waals surface area contributed by atoms with Crippen LogP contribution in [0.15, 0.2) is 60.8 Å². The maximum absolute atomic E-state index is 12.8. The number of carbonyl (C=O) groups is 2. The van der Waals surface area contributed by atoms with Gasteiger partial charge in [0.25, 0.3) is 0 Å². The highest BCUT2D eigenvalue weighted by Gasteiger charge is 2.51. The number of hydrogen-bond donors (Lipinski definition) is 6. The van der Waals surface area contributed by atoms with Crippen LogP contribution in [0.3, 0.4) is 0 Å². The molecule has 0 heterocycles. The van der Waals surface area contributed by atoms with E-state index in [2.05, 4.69) is 74.6 Å². The molecule has 0 aromatic carbocycles. The molecular formula is C44H75O13P. The molecule has 0 aliphatic heterocycles. The number of allylic oxidation sites excluding steroid dienone is 10. The van der Waals surface area contributed by atoms with E-state index in [1.54, 1.807) is 0 Å². The second kappa shape index (κ2) is 34.3. The summed E-state index contributed by atoms with van der Waals surface area (Å²) in [5.41, 5.74) is 0. The van der Waals surface area contributed by atoms with Gasteiger partial charge in [0.2, 0.25) is 0 Å². The van der Waals surface area contributed by atoms with Gasteiger partial charge in [-0.15, -0.1) is 0 Å². The Morgan fingerprint density at radius 1 is 0.534 bits per heavy atom. The van der Waals surface area contributed by atoms with Crippen LogP contribution in [-0.2, 0) is 32.7 Å². The van der Waals surface area contributed by atoms with Crippen LogP contribution >= 0.6 is 7.82 Å². The number of unbranched alkanes of at least 4 members (excludes halogenated alkanes) is 12. The summed E-state index contributed by atoms with van der Waals surface area (Å²) in [5.74, 6) is -1.17. The average molecular weight is 843 g/mol. The highest BCUT2D eigenvalue weighted by atomic mass is 31.2. The zero-order valence-electron chi connectivity index (χ0n) is 35.1. The first-order valence-corrected chi connectivity index (χ1v) is 23.1. The van der Waals surface area contributed by atoms with Crippen molar-refractivity contribution in [3.63, 3.8) is 0 Å². The number of esters is 2. The van der Waals surface area contributed by atoms with Gasteiger partial charge in [-0.1, -0.05) is 120 Å². The minimum Gasteiger partial charge on any atom is -0.462 e. The van der Waals surface area contributed by atoms with Crippen molar-refractivity contribution in [2.45, 2.75) is 191 Å². The van der Waals surface area contributed by atoms with Gasteiger partial charge in [-0.3, -0.25) is 18.6 Å². The molecule has 0 saturated heterocycles. The number of aliphatic hydroxyl groups is 5. The normalized spacial score (nSPS) is 23.1. The zero-order valence-corrected chi connectivity index (χ0v) is 36.0. The lowest BCUT2D eigenvalue weighted by molar-refractivity contribution is -0.220. The minimum absolute atomic E-state index is 0.0422. The molecule has 0 bridgehead atoms. The second-order valence-electron chi connectivity index (χ2n) is 14.8. The second-order valence-corrected chi connectivity index (χ2v) is 16.2. The molecule has 8 atom stereocenters. The molecule has 0 aromatic heterocycles. The quantitative estimate of drug-likeness (QED) is 0.0159. The van der Waals surface area contributed by atoms with E-state index in [1.165, 1.54) is 32.1 Å². The van der Waals surface area contributed by atoms with Gasteiger partial charge in [0, 0.05) is 12.8 Å². The Labute approximate surface area is 347 Å². The van der Waals surface area contributed by atoms with E-state index in [0.29, 0.717) is 12.8 Å². The Morgan fingerprint density at radius 2 is 0.948 bits per heavy atom. The number of aliphatic hydroxyl groups excluding tert-OH is 5. The van der Waals surface area contributed by atoms with Crippen molar-refractivity contribution in [2.75, 3.05) is 13.2 Å². The van der Waals surface area contributed by atoms with Crippen molar-refractivity contribution in [1.82, 2.24) is 0 Å². The summed E-state index contributed by atoms with van der Waals surface area (Å²) in [6.07, 6.45) is 27.1. The Balaban J connectivity index is 2.55. The first-order valence-electron chi connectivity index (χ1n) is 21.6. The van der Waals surface area contributed by atoms with E-state index in [-0.39, 0.29) is 12.8 Å². The summed E-state index contributed by atoms with van der Waals surface area (Å²) in [7, 11) is -5.13. The van der Waals surface area contributed by atoms with Gasteiger partial charge in [-0.25, -0.2) is 4.57 Å². The predicted octanol–water partition coefficient (Wildman–Crippen LogP) is 7.77. The van der Waals surface area contributed by atoms with Crippen molar-refractivity contribution in [2.24, 2.45) is 0 Å².